The summed E-state index contributed by atoms with van der Waals surface area (Å²) in [6.45, 7) is 2.15. The molecule has 0 saturated carbocycles. The molecule has 0 spiro atoms. The van der Waals surface area contributed by atoms with E-state index in [1.165, 1.54) is 17.3 Å². The molecular formula is C17H17ClOS. The highest BCUT2D eigenvalue weighted by Gasteiger charge is 2.07. The molecule has 0 aliphatic heterocycles. The van der Waals surface area contributed by atoms with E-state index in [-0.39, 0.29) is 5.78 Å². The van der Waals surface area contributed by atoms with Gasteiger partial charge in [0, 0.05) is 15.5 Å². The van der Waals surface area contributed by atoms with E-state index in [4.69, 9.17) is 11.6 Å². The van der Waals surface area contributed by atoms with Gasteiger partial charge in [-0.3, -0.25) is 4.79 Å². The number of carbonyl (C=O) groups is 1. The molecule has 20 heavy (non-hydrogen) atoms. The third-order valence-corrected chi connectivity index (χ3v) is 4.21. The number of carbonyl (C=O) groups excluding carboxylic acids is 1. The van der Waals surface area contributed by atoms with E-state index in [0.717, 1.165) is 23.3 Å². The third-order valence-electron chi connectivity index (χ3n) is 2.98. The summed E-state index contributed by atoms with van der Waals surface area (Å²) in [4.78, 5) is 13.1. The number of hydrogen-bond donors (Lipinski definition) is 0. The Balaban J connectivity index is 1.94. The van der Waals surface area contributed by atoms with Crippen LogP contribution in [-0.4, -0.2) is 11.5 Å². The predicted molar refractivity (Wildman–Crippen MR) is 86.9 cm³/mol. The second kappa shape index (κ2) is 7.51. The van der Waals surface area contributed by atoms with Gasteiger partial charge < -0.3 is 0 Å². The van der Waals surface area contributed by atoms with Gasteiger partial charge in [0.05, 0.1) is 5.75 Å². The lowest BCUT2D eigenvalue weighted by Gasteiger charge is -2.04. The Morgan fingerprint density at radius 3 is 2.55 bits per heavy atom. The van der Waals surface area contributed by atoms with Crippen molar-refractivity contribution in [1.29, 1.82) is 0 Å². The lowest BCUT2D eigenvalue weighted by molar-refractivity contribution is 0.102. The fraction of sp³-hybridized carbons (Fsp3) is 0.235. The second-order valence-electron chi connectivity index (χ2n) is 4.62. The van der Waals surface area contributed by atoms with Crippen molar-refractivity contribution in [3.05, 3.63) is 64.7 Å². The average molecular weight is 305 g/mol. The van der Waals surface area contributed by atoms with Gasteiger partial charge in [-0.2, -0.15) is 0 Å². The van der Waals surface area contributed by atoms with Crippen LogP contribution in [0.2, 0.25) is 5.02 Å². The topological polar surface area (TPSA) is 17.1 Å². The van der Waals surface area contributed by atoms with Gasteiger partial charge in [0.1, 0.15) is 0 Å². The Hall–Kier alpha value is -1.25. The highest BCUT2D eigenvalue weighted by Crippen LogP contribution is 2.22. The van der Waals surface area contributed by atoms with Crippen molar-refractivity contribution in [2.24, 2.45) is 0 Å². The summed E-state index contributed by atoms with van der Waals surface area (Å²) in [5, 5.41) is 0.700. The summed E-state index contributed by atoms with van der Waals surface area (Å²) in [5.41, 5.74) is 2.06. The largest absolute Gasteiger partial charge is 0.293 e. The van der Waals surface area contributed by atoms with Crippen molar-refractivity contribution in [2.75, 3.05) is 5.75 Å². The van der Waals surface area contributed by atoms with Crippen LogP contribution in [0.3, 0.4) is 0 Å². The molecule has 0 radical (unpaired) electrons. The molecule has 0 aromatic heterocycles. The number of rotatable bonds is 6. The number of thioether (sulfide) groups is 1. The Kier molecular flexibility index (Phi) is 5.69. The van der Waals surface area contributed by atoms with Gasteiger partial charge in [-0.15, -0.1) is 11.8 Å². The third kappa shape index (κ3) is 4.39. The first-order valence-corrected chi connectivity index (χ1v) is 8.06. The van der Waals surface area contributed by atoms with Crippen LogP contribution in [-0.2, 0) is 6.42 Å². The zero-order valence-electron chi connectivity index (χ0n) is 11.4. The van der Waals surface area contributed by atoms with Crippen molar-refractivity contribution in [3.63, 3.8) is 0 Å². The minimum atomic E-state index is 0.151. The number of benzene rings is 2. The zero-order chi connectivity index (χ0) is 14.4. The maximum atomic E-state index is 12.1. The lowest BCUT2D eigenvalue weighted by Crippen LogP contribution is -2.02. The first-order chi connectivity index (χ1) is 9.69. The van der Waals surface area contributed by atoms with Crippen molar-refractivity contribution in [2.45, 2.75) is 24.7 Å². The van der Waals surface area contributed by atoms with Crippen molar-refractivity contribution in [3.8, 4) is 0 Å². The first-order valence-electron chi connectivity index (χ1n) is 6.69. The first kappa shape index (κ1) is 15.1. The zero-order valence-corrected chi connectivity index (χ0v) is 13.0. The molecule has 3 heteroatoms. The molecule has 0 atom stereocenters. The van der Waals surface area contributed by atoms with Crippen LogP contribution >= 0.6 is 23.4 Å². The van der Waals surface area contributed by atoms with Crippen LogP contribution in [0.15, 0.2) is 53.4 Å². The minimum absolute atomic E-state index is 0.151. The fourth-order valence-electron chi connectivity index (χ4n) is 1.93. The van der Waals surface area contributed by atoms with E-state index in [0.29, 0.717) is 10.8 Å². The molecule has 0 aliphatic rings. The smallest absolute Gasteiger partial charge is 0.173 e. The van der Waals surface area contributed by atoms with Gasteiger partial charge in [-0.25, -0.2) is 0 Å². The number of Topliss-reactive ketones (excluding diaryl/α,β-unsaturated/α-hetero) is 1. The Bertz CT molecular complexity index is 578. The van der Waals surface area contributed by atoms with Gasteiger partial charge in [0.15, 0.2) is 5.78 Å². The normalized spacial score (nSPS) is 10.5. The highest BCUT2D eigenvalue weighted by molar-refractivity contribution is 8.00. The molecule has 0 N–H and O–H groups in total. The van der Waals surface area contributed by atoms with Gasteiger partial charge in [0.25, 0.3) is 0 Å². The number of ketones is 1. The minimum Gasteiger partial charge on any atom is -0.293 e. The van der Waals surface area contributed by atoms with E-state index in [2.05, 4.69) is 6.92 Å². The molecular weight excluding hydrogens is 288 g/mol. The van der Waals surface area contributed by atoms with Gasteiger partial charge in [0.2, 0.25) is 0 Å². The van der Waals surface area contributed by atoms with Crippen molar-refractivity contribution < 1.29 is 4.79 Å². The van der Waals surface area contributed by atoms with E-state index in [9.17, 15) is 4.79 Å². The second-order valence-corrected chi connectivity index (χ2v) is 6.10. The van der Waals surface area contributed by atoms with Crippen LogP contribution in [0.25, 0.3) is 0 Å². The summed E-state index contributed by atoms with van der Waals surface area (Å²) in [6, 6.07) is 15.5. The molecule has 104 valence electrons. The molecule has 0 fully saturated rings. The molecule has 2 aromatic rings. The SMILES string of the molecule is CCCc1ccc(C(=O)CSc2cccc(Cl)c2)cc1. The lowest BCUT2D eigenvalue weighted by atomic mass is 10.1. The summed E-state index contributed by atoms with van der Waals surface area (Å²) >= 11 is 7.44. The molecule has 1 nitrogen and oxygen atoms in total. The van der Waals surface area contributed by atoms with Gasteiger partial charge >= 0.3 is 0 Å². The van der Waals surface area contributed by atoms with Crippen molar-refractivity contribution >= 4 is 29.1 Å². The van der Waals surface area contributed by atoms with E-state index >= 15 is 0 Å². The van der Waals surface area contributed by atoms with Crippen LogP contribution in [0, 0.1) is 0 Å². The van der Waals surface area contributed by atoms with E-state index in [1.807, 2.05) is 48.5 Å². The Labute approximate surface area is 129 Å². The monoisotopic (exact) mass is 304 g/mol. The Morgan fingerprint density at radius 2 is 1.90 bits per heavy atom. The summed E-state index contributed by atoms with van der Waals surface area (Å²) in [5.74, 6) is 0.589. The number of halogens is 1. The standard InChI is InChI=1S/C17H17ClOS/c1-2-4-13-7-9-14(10-8-13)17(19)12-20-16-6-3-5-15(18)11-16/h3,5-11H,2,4,12H2,1H3. The summed E-state index contributed by atoms with van der Waals surface area (Å²) in [7, 11) is 0. The molecule has 2 rings (SSSR count). The van der Waals surface area contributed by atoms with E-state index < -0.39 is 0 Å². The predicted octanol–water partition coefficient (Wildman–Crippen LogP) is 5.27. The fourth-order valence-corrected chi connectivity index (χ4v) is 3.04. The van der Waals surface area contributed by atoms with Crippen molar-refractivity contribution in [1.82, 2.24) is 0 Å². The van der Waals surface area contributed by atoms with Crippen LogP contribution in [0.5, 0.6) is 0 Å². The number of aryl methyl sites for hydroxylation is 1. The van der Waals surface area contributed by atoms with Crippen LogP contribution in [0.1, 0.15) is 29.3 Å². The molecule has 0 aliphatic carbocycles. The molecule has 0 amide bonds. The summed E-state index contributed by atoms with van der Waals surface area (Å²) in [6.07, 6.45) is 2.18. The molecule has 0 heterocycles. The van der Waals surface area contributed by atoms with Crippen LogP contribution < -0.4 is 0 Å². The number of hydrogen-bond acceptors (Lipinski definition) is 2. The highest BCUT2D eigenvalue weighted by atomic mass is 35.5. The van der Waals surface area contributed by atoms with Crippen LogP contribution in [0.4, 0.5) is 0 Å². The summed E-state index contributed by atoms with van der Waals surface area (Å²) < 4.78 is 0. The molecule has 0 unspecified atom stereocenters. The Morgan fingerprint density at radius 1 is 1.15 bits per heavy atom. The average Bonchev–Trinajstić information content (AvgIpc) is 2.46. The van der Waals surface area contributed by atoms with Gasteiger partial charge in [-0.05, 0) is 30.2 Å². The van der Waals surface area contributed by atoms with Gasteiger partial charge in [-0.1, -0.05) is 55.3 Å². The quantitative estimate of drug-likeness (QED) is 0.534. The molecule has 0 bridgehead atoms. The maximum absolute atomic E-state index is 12.1. The van der Waals surface area contributed by atoms with E-state index in [1.54, 1.807) is 0 Å². The molecule has 0 saturated heterocycles. The molecule has 2 aromatic carbocycles. The maximum Gasteiger partial charge on any atom is 0.173 e.